The predicted molar refractivity (Wildman–Crippen MR) is 391 cm³/mol. The van der Waals surface area contributed by atoms with Gasteiger partial charge >= 0.3 is 39.5 Å². The first-order chi connectivity index (χ1) is 46.4. The Balaban J connectivity index is 5.26. The summed E-state index contributed by atoms with van der Waals surface area (Å²) in [7, 11) is -9.91. The molecule has 0 rings (SSSR count). The highest BCUT2D eigenvalue weighted by Gasteiger charge is 2.30. The Bertz CT molecular complexity index is 1860. The molecule has 0 aromatic rings. The monoisotopic (exact) mass is 1410 g/mol. The average Bonchev–Trinajstić information content (AvgIpc) is 1.32. The van der Waals surface area contributed by atoms with Crippen LogP contribution in [0.1, 0.15) is 401 Å². The van der Waals surface area contributed by atoms with Gasteiger partial charge in [0.05, 0.1) is 26.4 Å². The number of unbranched alkanes of at least 4 members (excludes halogenated alkanes) is 44. The van der Waals surface area contributed by atoms with E-state index in [1.165, 1.54) is 218 Å². The number of ether oxygens (including phenoxy) is 4. The zero-order chi connectivity index (χ0) is 70.7. The molecule has 0 radical (unpaired) electrons. The van der Waals surface area contributed by atoms with Crippen molar-refractivity contribution in [2.75, 3.05) is 39.6 Å². The van der Waals surface area contributed by atoms with E-state index >= 15 is 0 Å². The van der Waals surface area contributed by atoms with Gasteiger partial charge in [0, 0.05) is 25.7 Å². The molecule has 0 aliphatic carbocycles. The smallest absolute Gasteiger partial charge is 0.462 e. The molecule has 0 aliphatic heterocycles. The molecule has 0 heterocycles. The zero-order valence-electron chi connectivity index (χ0n) is 62.7. The number of carbonyl (C=O) groups is 4. The second kappa shape index (κ2) is 68.8. The highest BCUT2D eigenvalue weighted by molar-refractivity contribution is 7.47. The number of esters is 4. The molecule has 96 heavy (non-hydrogen) atoms. The Morgan fingerprint density at radius 3 is 0.740 bits per heavy atom. The number of hydrogen-bond donors (Lipinski definition) is 3. The van der Waals surface area contributed by atoms with E-state index in [0.29, 0.717) is 25.7 Å². The van der Waals surface area contributed by atoms with Crippen LogP contribution in [0.25, 0.3) is 0 Å². The van der Waals surface area contributed by atoms with Gasteiger partial charge in [0.2, 0.25) is 0 Å². The molecule has 0 aromatic carbocycles. The van der Waals surface area contributed by atoms with Crippen LogP contribution in [0.4, 0.5) is 0 Å². The zero-order valence-corrected chi connectivity index (χ0v) is 64.5. The minimum atomic E-state index is -4.96. The molecule has 0 spiro atoms. The predicted octanol–water partition coefficient (Wildman–Crippen LogP) is 22.7. The van der Waals surface area contributed by atoms with Crippen LogP contribution in [0.3, 0.4) is 0 Å². The van der Waals surface area contributed by atoms with Gasteiger partial charge in [-0.15, -0.1) is 0 Å². The molecule has 3 N–H and O–H groups in total. The summed E-state index contributed by atoms with van der Waals surface area (Å²) >= 11 is 0. The minimum Gasteiger partial charge on any atom is -0.462 e. The van der Waals surface area contributed by atoms with Crippen LogP contribution in [0.5, 0.6) is 0 Å². The van der Waals surface area contributed by atoms with Crippen molar-refractivity contribution in [2.24, 2.45) is 11.8 Å². The molecule has 19 heteroatoms. The molecular weight excluding hydrogens is 1260 g/mol. The maximum absolute atomic E-state index is 13.1. The summed E-state index contributed by atoms with van der Waals surface area (Å²) in [5.74, 6) is -0.567. The summed E-state index contributed by atoms with van der Waals surface area (Å²) in [5, 5.41) is 10.6. The Morgan fingerprint density at radius 2 is 0.500 bits per heavy atom. The van der Waals surface area contributed by atoms with E-state index in [-0.39, 0.29) is 25.7 Å². The first-order valence-corrected chi connectivity index (χ1v) is 43.1. The molecule has 0 aliphatic rings. The molecule has 0 aromatic heterocycles. The lowest BCUT2D eigenvalue weighted by molar-refractivity contribution is -0.161. The first kappa shape index (κ1) is 94.1. The van der Waals surface area contributed by atoms with Crippen molar-refractivity contribution < 1.29 is 80.2 Å². The quantitative estimate of drug-likeness (QED) is 0.0222. The van der Waals surface area contributed by atoms with Crippen molar-refractivity contribution in [3.05, 3.63) is 0 Å². The van der Waals surface area contributed by atoms with Gasteiger partial charge in [0.15, 0.2) is 12.2 Å². The number of hydrogen-bond acceptors (Lipinski definition) is 15. The van der Waals surface area contributed by atoms with Crippen molar-refractivity contribution in [1.82, 2.24) is 0 Å². The fourth-order valence-corrected chi connectivity index (χ4v) is 13.3. The summed E-state index contributed by atoms with van der Waals surface area (Å²) in [4.78, 5) is 72.9. The van der Waals surface area contributed by atoms with Crippen molar-refractivity contribution in [3.8, 4) is 0 Å². The van der Waals surface area contributed by atoms with E-state index in [1.807, 2.05) is 0 Å². The minimum absolute atomic E-state index is 0.105. The van der Waals surface area contributed by atoms with E-state index in [4.69, 9.17) is 37.0 Å². The van der Waals surface area contributed by atoms with Gasteiger partial charge in [-0.2, -0.15) is 0 Å². The number of aliphatic hydroxyl groups is 1. The number of rotatable bonds is 76. The van der Waals surface area contributed by atoms with Crippen molar-refractivity contribution in [3.63, 3.8) is 0 Å². The summed E-state index contributed by atoms with van der Waals surface area (Å²) in [6, 6.07) is 0. The van der Waals surface area contributed by atoms with Crippen LogP contribution in [0, 0.1) is 11.8 Å². The van der Waals surface area contributed by atoms with Crippen LogP contribution in [0.15, 0.2) is 0 Å². The van der Waals surface area contributed by atoms with Crippen LogP contribution < -0.4 is 0 Å². The standard InChI is InChI=1S/C77H150O17P2/c1-7-11-13-15-17-19-21-23-25-27-29-31-33-41-47-53-59-74(79)87-65-72(93-76(81)61-55-49-43-34-32-30-28-26-24-22-20-18-16-14-12-8-2)67-91-95(83,84)89-63-71(78)64-90-96(85,86)92-68-73(94-77(82)62-56-50-44-38-36-40-46-52-58-70(6)10-4)66-88-75(80)60-54-48-42-37-35-39-45-51-57-69(5)9-3/h69-73,78H,7-68H2,1-6H3,(H,83,84)(H,85,86)/t69?,70?,71-,72-,73-/m1/s1. The Hall–Kier alpha value is -1.94. The summed E-state index contributed by atoms with van der Waals surface area (Å²) in [6.07, 6.45) is 56.7. The second-order valence-electron chi connectivity index (χ2n) is 28.2. The highest BCUT2D eigenvalue weighted by atomic mass is 31.2. The Labute approximate surface area is 588 Å². The number of aliphatic hydroxyl groups excluding tert-OH is 1. The molecule has 0 saturated carbocycles. The van der Waals surface area contributed by atoms with Gasteiger partial charge in [-0.1, -0.05) is 350 Å². The van der Waals surface area contributed by atoms with E-state index in [0.717, 1.165) is 102 Å². The Morgan fingerprint density at radius 1 is 0.292 bits per heavy atom. The molecule has 17 nitrogen and oxygen atoms in total. The largest absolute Gasteiger partial charge is 0.472 e. The summed E-state index contributed by atoms with van der Waals surface area (Å²) in [6.45, 7) is 9.61. The van der Waals surface area contributed by atoms with Gasteiger partial charge in [-0.3, -0.25) is 37.3 Å². The lowest BCUT2D eigenvalue weighted by atomic mass is 9.99. The van der Waals surface area contributed by atoms with Crippen molar-refractivity contribution >= 4 is 39.5 Å². The third kappa shape index (κ3) is 67.9. The van der Waals surface area contributed by atoms with Crippen LogP contribution in [-0.2, 0) is 65.4 Å². The van der Waals surface area contributed by atoms with Gasteiger partial charge in [0.1, 0.15) is 19.3 Å². The number of carbonyl (C=O) groups excluding carboxylic acids is 4. The van der Waals surface area contributed by atoms with Crippen LogP contribution >= 0.6 is 15.6 Å². The third-order valence-corrected chi connectivity index (χ3v) is 20.6. The molecule has 7 atom stereocenters. The van der Waals surface area contributed by atoms with Gasteiger partial charge < -0.3 is 33.8 Å². The van der Waals surface area contributed by atoms with E-state index in [9.17, 15) is 43.2 Å². The fourth-order valence-electron chi connectivity index (χ4n) is 11.8. The average molecular weight is 1410 g/mol. The van der Waals surface area contributed by atoms with E-state index < -0.39 is 97.5 Å². The van der Waals surface area contributed by atoms with Crippen molar-refractivity contribution in [2.45, 2.75) is 419 Å². The molecule has 0 amide bonds. The van der Waals surface area contributed by atoms with Gasteiger partial charge in [-0.25, -0.2) is 9.13 Å². The van der Waals surface area contributed by atoms with E-state index in [1.54, 1.807) is 0 Å². The molecule has 570 valence electrons. The fraction of sp³-hybridized carbons (Fsp3) is 0.948. The topological polar surface area (TPSA) is 237 Å². The maximum Gasteiger partial charge on any atom is 0.472 e. The number of phosphoric acid groups is 2. The van der Waals surface area contributed by atoms with Crippen LogP contribution in [0.2, 0.25) is 0 Å². The van der Waals surface area contributed by atoms with Crippen LogP contribution in [-0.4, -0.2) is 96.7 Å². The third-order valence-electron chi connectivity index (χ3n) is 18.7. The highest BCUT2D eigenvalue weighted by Crippen LogP contribution is 2.45. The van der Waals surface area contributed by atoms with Gasteiger partial charge in [0.25, 0.3) is 0 Å². The van der Waals surface area contributed by atoms with E-state index in [2.05, 4.69) is 41.5 Å². The molecular formula is C77H150O17P2. The van der Waals surface area contributed by atoms with Gasteiger partial charge in [-0.05, 0) is 37.5 Å². The molecule has 0 fully saturated rings. The lowest BCUT2D eigenvalue weighted by Gasteiger charge is -2.21. The van der Waals surface area contributed by atoms with Crippen molar-refractivity contribution in [1.29, 1.82) is 0 Å². The SMILES string of the molecule is CCCCCCCCCCCCCCCCCCC(=O)OC[C@H](COP(=O)(O)OC[C@@H](O)COP(=O)(O)OC[C@@H](COC(=O)CCCCCCCCCCC(C)CC)OC(=O)CCCCCCCCCCC(C)CC)OC(=O)CCCCCCCCCCCCCCCCCC. The summed E-state index contributed by atoms with van der Waals surface area (Å²) in [5.41, 5.74) is 0. The molecule has 0 bridgehead atoms. The lowest BCUT2D eigenvalue weighted by Crippen LogP contribution is -2.30. The second-order valence-corrected chi connectivity index (χ2v) is 31.1. The normalized spacial score (nSPS) is 14.6. The molecule has 4 unspecified atom stereocenters. The molecule has 0 saturated heterocycles. The Kier molecular flexibility index (Phi) is 67.4. The summed E-state index contributed by atoms with van der Waals surface area (Å²) < 4.78 is 68.6. The first-order valence-electron chi connectivity index (χ1n) is 40.1. The number of phosphoric ester groups is 2. The maximum atomic E-state index is 13.1.